The van der Waals surface area contributed by atoms with Crippen LogP contribution in [0.2, 0.25) is 0 Å². The molecule has 5 heteroatoms. The summed E-state index contributed by atoms with van der Waals surface area (Å²) in [7, 11) is 0. The molecule has 2 N–H and O–H groups in total. The van der Waals surface area contributed by atoms with Gasteiger partial charge in [0.05, 0.1) is 17.8 Å². The van der Waals surface area contributed by atoms with Gasteiger partial charge < -0.3 is 10.1 Å². The van der Waals surface area contributed by atoms with Gasteiger partial charge in [0, 0.05) is 12.0 Å². The maximum absolute atomic E-state index is 13.2. The molecule has 4 nitrogen and oxygen atoms in total. The lowest BCUT2D eigenvalue weighted by molar-refractivity contribution is -0.141. The highest BCUT2D eigenvalue weighted by molar-refractivity contribution is 5.69. The van der Waals surface area contributed by atoms with E-state index in [1.54, 1.807) is 32.2 Å². The number of benzene rings is 1. The Hall–Kier alpha value is -2.17. The molecule has 1 heterocycles. The van der Waals surface area contributed by atoms with Gasteiger partial charge in [-0.2, -0.15) is 0 Å². The van der Waals surface area contributed by atoms with Crippen molar-refractivity contribution in [1.82, 2.24) is 9.97 Å². The second-order valence-corrected chi connectivity index (χ2v) is 4.65. The van der Waals surface area contributed by atoms with Crippen molar-refractivity contribution < 1.29 is 14.3 Å². The number of halogens is 1. The van der Waals surface area contributed by atoms with E-state index in [-0.39, 0.29) is 5.82 Å². The quantitative estimate of drug-likeness (QED) is 0.890. The van der Waals surface area contributed by atoms with E-state index in [0.29, 0.717) is 17.8 Å². The lowest BCUT2D eigenvalue weighted by Gasteiger charge is -2.03. The minimum absolute atomic E-state index is 0.247. The molecule has 1 atom stereocenters. The molecule has 1 aromatic heterocycles. The monoisotopic (exact) mass is 262 g/mol. The lowest BCUT2D eigenvalue weighted by atomic mass is 10.1. The van der Waals surface area contributed by atoms with Crippen molar-refractivity contribution in [3.63, 3.8) is 0 Å². The highest BCUT2D eigenvalue weighted by Gasteiger charge is 2.14. The number of carboxylic acid groups (broad SMARTS) is 1. The van der Waals surface area contributed by atoms with Crippen LogP contribution >= 0.6 is 0 Å². The predicted molar refractivity (Wildman–Crippen MR) is 69.2 cm³/mol. The molecule has 0 fully saturated rings. The molecule has 0 spiro atoms. The summed E-state index contributed by atoms with van der Waals surface area (Å²) in [6.45, 7) is 3.33. The van der Waals surface area contributed by atoms with E-state index in [0.717, 1.165) is 11.3 Å². The number of carboxylic acids is 1. The molecule has 19 heavy (non-hydrogen) atoms. The van der Waals surface area contributed by atoms with Gasteiger partial charge in [-0.25, -0.2) is 9.37 Å². The lowest BCUT2D eigenvalue weighted by Crippen LogP contribution is -2.12. The van der Waals surface area contributed by atoms with Crippen LogP contribution in [-0.4, -0.2) is 21.0 Å². The Morgan fingerprint density at radius 2 is 2.26 bits per heavy atom. The topological polar surface area (TPSA) is 66.0 Å². The molecule has 0 aliphatic carbocycles. The maximum atomic E-state index is 13.2. The molecule has 100 valence electrons. The van der Waals surface area contributed by atoms with Crippen LogP contribution in [0.4, 0.5) is 4.39 Å². The Balaban J connectivity index is 2.20. The average molecular weight is 262 g/mol. The molecule has 0 amide bonds. The Bertz CT molecular complexity index is 607. The zero-order valence-corrected chi connectivity index (χ0v) is 10.8. The van der Waals surface area contributed by atoms with Gasteiger partial charge >= 0.3 is 5.97 Å². The molecule has 1 unspecified atom stereocenters. The summed E-state index contributed by atoms with van der Waals surface area (Å²) >= 11 is 0. The number of carbonyl (C=O) groups is 1. The second kappa shape index (κ2) is 5.22. The van der Waals surface area contributed by atoms with Gasteiger partial charge in [-0.3, -0.25) is 4.79 Å². The highest BCUT2D eigenvalue weighted by atomic mass is 19.1. The van der Waals surface area contributed by atoms with Crippen LogP contribution in [0.15, 0.2) is 24.4 Å². The Morgan fingerprint density at radius 3 is 2.89 bits per heavy atom. The summed E-state index contributed by atoms with van der Waals surface area (Å²) in [5.41, 5.74) is 2.16. The first-order valence-corrected chi connectivity index (χ1v) is 6.00. The molecular weight excluding hydrogens is 247 g/mol. The normalized spacial score (nSPS) is 12.4. The summed E-state index contributed by atoms with van der Waals surface area (Å²) in [5.74, 6) is -0.973. The van der Waals surface area contributed by atoms with E-state index in [2.05, 4.69) is 9.97 Å². The number of hydrogen-bond donors (Lipinski definition) is 2. The smallest absolute Gasteiger partial charge is 0.306 e. The van der Waals surface area contributed by atoms with Gasteiger partial charge in [0.15, 0.2) is 0 Å². The minimum Gasteiger partial charge on any atom is -0.481 e. The van der Waals surface area contributed by atoms with Gasteiger partial charge in [-0.1, -0.05) is 6.92 Å². The first-order chi connectivity index (χ1) is 8.97. The van der Waals surface area contributed by atoms with Gasteiger partial charge in [0.2, 0.25) is 0 Å². The first kappa shape index (κ1) is 13.3. The van der Waals surface area contributed by atoms with E-state index >= 15 is 0 Å². The molecule has 2 rings (SSSR count). The van der Waals surface area contributed by atoms with Gasteiger partial charge in [0.25, 0.3) is 0 Å². The van der Waals surface area contributed by atoms with Crippen molar-refractivity contribution in [2.45, 2.75) is 20.3 Å². The molecule has 1 aromatic carbocycles. The number of H-pyrrole nitrogens is 1. The third kappa shape index (κ3) is 2.99. The summed E-state index contributed by atoms with van der Waals surface area (Å²) in [6.07, 6.45) is 1.98. The fourth-order valence-electron chi connectivity index (χ4n) is 1.80. The fourth-order valence-corrected chi connectivity index (χ4v) is 1.80. The van der Waals surface area contributed by atoms with Crippen LogP contribution in [0, 0.1) is 18.7 Å². The third-order valence-electron chi connectivity index (χ3n) is 3.02. The van der Waals surface area contributed by atoms with Crippen LogP contribution in [0.1, 0.15) is 18.3 Å². The number of aromatic nitrogens is 2. The average Bonchev–Trinajstić information content (AvgIpc) is 2.81. The summed E-state index contributed by atoms with van der Waals surface area (Å²) < 4.78 is 13.2. The van der Waals surface area contributed by atoms with E-state index in [1.807, 2.05) is 0 Å². The van der Waals surface area contributed by atoms with E-state index < -0.39 is 11.9 Å². The van der Waals surface area contributed by atoms with Gasteiger partial charge in [0.1, 0.15) is 11.6 Å². The highest BCUT2D eigenvalue weighted by Crippen LogP contribution is 2.20. The first-order valence-electron chi connectivity index (χ1n) is 6.00. The number of nitrogens with zero attached hydrogens (tertiary/aromatic N) is 1. The van der Waals surface area contributed by atoms with Crippen molar-refractivity contribution in [3.8, 4) is 11.3 Å². The second-order valence-electron chi connectivity index (χ2n) is 4.65. The van der Waals surface area contributed by atoms with Crippen LogP contribution in [-0.2, 0) is 11.2 Å². The number of aliphatic carboxylic acids is 1. The van der Waals surface area contributed by atoms with Crippen molar-refractivity contribution in [2.75, 3.05) is 0 Å². The van der Waals surface area contributed by atoms with Crippen LogP contribution in [0.25, 0.3) is 11.3 Å². The number of imidazole rings is 1. The van der Waals surface area contributed by atoms with Crippen molar-refractivity contribution in [1.29, 1.82) is 0 Å². The molecule has 0 saturated heterocycles. The number of nitrogens with one attached hydrogen (secondary N) is 1. The number of hydrogen-bond acceptors (Lipinski definition) is 2. The number of rotatable bonds is 4. The Kier molecular flexibility index (Phi) is 3.64. The zero-order valence-electron chi connectivity index (χ0n) is 10.8. The largest absolute Gasteiger partial charge is 0.481 e. The van der Waals surface area contributed by atoms with E-state index in [9.17, 15) is 9.18 Å². The summed E-state index contributed by atoms with van der Waals surface area (Å²) in [4.78, 5) is 18.0. The number of aromatic amines is 1. The van der Waals surface area contributed by atoms with E-state index in [1.165, 1.54) is 6.07 Å². The van der Waals surface area contributed by atoms with Crippen molar-refractivity contribution in [3.05, 3.63) is 41.6 Å². The van der Waals surface area contributed by atoms with Gasteiger partial charge in [-0.15, -0.1) is 0 Å². The SMILES string of the molecule is Cc1cc(-c2cnc(CC(C)C(=O)O)[nH]2)ccc1F. The molecule has 0 saturated carbocycles. The molecule has 0 aliphatic rings. The molecule has 0 bridgehead atoms. The minimum atomic E-state index is -0.851. The summed E-state index contributed by atoms with van der Waals surface area (Å²) in [5, 5.41) is 8.85. The van der Waals surface area contributed by atoms with E-state index in [4.69, 9.17) is 5.11 Å². The predicted octanol–water partition coefficient (Wildman–Crippen LogP) is 2.79. The van der Waals surface area contributed by atoms with Gasteiger partial charge in [-0.05, 0) is 30.7 Å². The Morgan fingerprint density at radius 1 is 1.53 bits per heavy atom. The van der Waals surface area contributed by atoms with Crippen LogP contribution < -0.4 is 0 Å². The Labute approximate surface area is 110 Å². The van der Waals surface area contributed by atoms with Crippen molar-refractivity contribution in [2.24, 2.45) is 5.92 Å². The maximum Gasteiger partial charge on any atom is 0.306 e. The fraction of sp³-hybridized carbons (Fsp3) is 0.286. The standard InChI is InChI=1S/C14H15FN2O2/c1-8-5-10(3-4-11(8)15)12-7-16-13(17-12)6-9(2)14(18)19/h3-5,7,9H,6H2,1-2H3,(H,16,17)(H,18,19). The number of aryl methyl sites for hydroxylation is 1. The van der Waals surface area contributed by atoms with Crippen LogP contribution in [0.3, 0.4) is 0 Å². The third-order valence-corrected chi connectivity index (χ3v) is 3.02. The molecule has 2 aromatic rings. The molecule has 0 radical (unpaired) electrons. The zero-order chi connectivity index (χ0) is 14.0. The molecule has 0 aliphatic heterocycles. The molecular formula is C14H15FN2O2. The van der Waals surface area contributed by atoms with Crippen molar-refractivity contribution >= 4 is 5.97 Å². The van der Waals surface area contributed by atoms with Crippen LogP contribution in [0.5, 0.6) is 0 Å². The summed E-state index contributed by atoms with van der Waals surface area (Å²) in [6, 6.07) is 4.80.